The van der Waals surface area contributed by atoms with Crippen LogP contribution < -0.4 is 0 Å². The van der Waals surface area contributed by atoms with Gasteiger partial charge in [-0.15, -0.1) is 0 Å². The van der Waals surface area contributed by atoms with E-state index in [1.165, 1.54) is 11.8 Å². The van der Waals surface area contributed by atoms with Gasteiger partial charge in [-0.25, -0.2) is 8.42 Å². The standard InChI is InChI=1S/C10H16N2O2S/c1-8-10-7-12(15(2,13)14)5-3-4-9(10)6-11-8/h3-7H2,1-2H3. The largest absolute Gasteiger partial charge is 0.285 e. The second-order valence-corrected chi connectivity index (χ2v) is 6.17. The fourth-order valence-electron chi connectivity index (χ4n) is 2.12. The number of nitrogens with zero attached hydrogens (tertiary/aromatic N) is 2. The zero-order valence-corrected chi connectivity index (χ0v) is 9.97. The maximum Gasteiger partial charge on any atom is 0.211 e. The summed E-state index contributed by atoms with van der Waals surface area (Å²) in [5.41, 5.74) is 3.50. The fraction of sp³-hybridized carbons (Fsp3) is 0.700. The third-order valence-electron chi connectivity index (χ3n) is 3.06. The lowest BCUT2D eigenvalue weighted by Gasteiger charge is -2.18. The number of hydrogen-bond donors (Lipinski definition) is 0. The molecule has 84 valence electrons. The summed E-state index contributed by atoms with van der Waals surface area (Å²) in [5, 5.41) is 0. The van der Waals surface area contributed by atoms with E-state index in [-0.39, 0.29) is 0 Å². The van der Waals surface area contributed by atoms with Crippen LogP contribution in [0.5, 0.6) is 0 Å². The van der Waals surface area contributed by atoms with Crippen LogP contribution in [0.1, 0.15) is 19.8 Å². The zero-order chi connectivity index (χ0) is 11.1. The minimum Gasteiger partial charge on any atom is -0.285 e. The highest BCUT2D eigenvalue weighted by atomic mass is 32.2. The smallest absolute Gasteiger partial charge is 0.211 e. The molecule has 0 aliphatic carbocycles. The molecule has 0 amide bonds. The minimum absolute atomic E-state index is 0.517. The average molecular weight is 228 g/mol. The molecule has 2 aliphatic rings. The monoisotopic (exact) mass is 228 g/mol. The normalized spacial score (nSPS) is 23.7. The molecule has 0 atom stereocenters. The molecule has 0 aromatic heterocycles. The van der Waals surface area contributed by atoms with Crippen molar-refractivity contribution in [2.24, 2.45) is 4.99 Å². The summed E-state index contributed by atoms with van der Waals surface area (Å²) in [6.07, 6.45) is 3.18. The molecular weight excluding hydrogens is 212 g/mol. The highest BCUT2D eigenvalue weighted by molar-refractivity contribution is 7.88. The first kappa shape index (κ1) is 10.8. The van der Waals surface area contributed by atoms with Crippen molar-refractivity contribution in [3.63, 3.8) is 0 Å². The third-order valence-corrected chi connectivity index (χ3v) is 4.31. The molecule has 0 saturated carbocycles. The summed E-state index contributed by atoms with van der Waals surface area (Å²) in [5.74, 6) is 0. The molecule has 2 aliphatic heterocycles. The Morgan fingerprint density at radius 3 is 2.80 bits per heavy atom. The van der Waals surface area contributed by atoms with Crippen LogP contribution in [0.4, 0.5) is 0 Å². The lowest BCUT2D eigenvalue weighted by Crippen LogP contribution is -2.32. The van der Waals surface area contributed by atoms with Crippen LogP contribution in [0.25, 0.3) is 0 Å². The first-order chi connectivity index (χ1) is 6.98. The van der Waals surface area contributed by atoms with Gasteiger partial charge in [0.15, 0.2) is 0 Å². The second-order valence-electron chi connectivity index (χ2n) is 4.18. The molecule has 0 radical (unpaired) electrons. The van der Waals surface area contributed by atoms with E-state index in [2.05, 4.69) is 4.99 Å². The second kappa shape index (κ2) is 3.72. The van der Waals surface area contributed by atoms with E-state index in [1.54, 1.807) is 4.31 Å². The van der Waals surface area contributed by atoms with Gasteiger partial charge in [0.2, 0.25) is 10.0 Å². The van der Waals surface area contributed by atoms with Crippen LogP contribution in [-0.2, 0) is 10.0 Å². The maximum absolute atomic E-state index is 11.5. The van der Waals surface area contributed by atoms with Gasteiger partial charge in [-0.1, -0.05) is 0 Å². The van der Waals surface area contributed by atoms with Gasteiger partial charge in [-0.3, -0.25) is 4.99 Å². The summed E-state index contributed by atoms with van der Waals surface area (Å²) in [6, 6.07) is 0. The van der Waals surface area contributed by atoms with E-state index < -0.39 is 10.0 Å². The number of rotatable bonds is 1. The highest BCUT2D eigenvalue weighted by Crippen LogP contribution is 2.25. The molecule has 0 aromatic rings. The van der Waals surface area contributed by atoms with E-state index in [4.69, 9.17) is 0 Å². The van der Waals surface area contributed by atoms with Crippen molar-refractivity contribution in [2.75, 3.05) is 25.9 Å². The average Bonchev–Trinajstić information content (AvgIpc) is 2.38. The molecule has 15 heavy (non-hydrogen) atoms. The van der Waals surface area contributed by atoms with Crippen LogP contribution in [0.2, 0.25) is 0 Å². The topological polar surface area (TPSA) is 49.7 Å². The van der Waals surface area contributed by atoms with E-state index in [1.807, 2.05) is 6.92 Å². The predicted molar refractivity (Wildman–Crippen MR) is 60.7 cm³/mol. The Kier molecular flexibility index (Phi) is 2.68. The van der Waals surface area contributed by atoms with E-state index in [0.717, 1.165) is 30.7 Å². The molecule has 0 fully saturated rings. The molecule has 4 nitrogen and oxygen atoms in total. The summed E-state index contributed by atoms with van der Waals surface area (Å²) in [7, 11) is -3.07. The summed E-state index contributed by atoms with van der Waals surface area (Å²) >= 11 is 0. The molecule has 0 bridgehead atoms. The molecule has 5 heteroatoms. The van der Waals surface area contributed by atoms with Crippen molar-refractivity contribution < 1.29 is 8.42 Å². The van der Waals surface area contributed by atoms with Crippen LogP contribution in [0.15, 0.2) is 16.1 Å². The van der Waals surface area contributed by atoms with Gasteiger partial charge < -0.3 is 0 Å². The molecule has 2 heterocycles. The van der Waals surface area contributed by atoms with Crippen molar-refractivity contribution >= 4 is 15.7 Å². The van der Waals surface area contributed by atoms with Crippen molar-refractivity contribution in [3.05, 3.63) is 11.1 Å². The molecule has 0 saturated heterocycles. The SMILES string of the molecule is CC1=NCC2=C1CN(S(C)(=O)=O)CCC2. The van der Waals surface area contributed by atoms with Gasteiger partial charge in [0.05, 0.1) is 12.8 Å². The number of hydrogen-bond acceptors (Lipinski definition) is 3. The molecule has 0 spiro atoms. The van der Waals surface area contributed by atoms with E-state index >= 15 is 0 Å². The van der Waals surface area contributed by atoms with Crippen molar-refractivity contribution in [2.45, 2.75) is 19.8 Å². The lowest BCUT2D eigenvalue weighted by molar-refractivity contribution is 0.444. The Morgan fingerprint density at radius 1 is 1.40 bits per heavy atom. The zero-order valence-electron chi connectivity index (χ0n) is 9.15. The van der Waals surface area contributed by atoms with Crippen molar-refractivity contribution in [3.8, 4) is 0 Å². The van der Waals surface area contributed by atoms with Crippen LogP contribution in [-0.4, -0.2) is 44.3 Å². The summed E-state index contributed by atoms with van der Waals surface area (Å²) in [4.78, 5) is 4.36. The lowest BCUT2D eigenvalue weighted by atomic mass is 10.0. The Bertz CT molecular complexity index is 434. The molecule has 0 unspecified atom stereocenters. The van der Waals surface area contributed by atoms with Crippen molar-refractivity contribution in [1.29, 1.82) is 0 Å². The highest BCUT2D eigenvalue weighted by Gasteiger charge is 2.26. The number of sulfonamides is 1. The molecule has 0 N–H and O–H groups in total. The van der Waals surface area contributed by atoms with Gasteiger partial charge in [0.25, 0.3) is 0 Å². The van der Waals surface area contributed by atoms with Crippen LogP contribution >= 0.6 is 0 Å². The van der Waals surface area contributed by atoms with E-state index in [0.29, 0.717) is 13.1 Å². The molecule has 2 rings (SSSR count). The van der Waals surface area contributed by atoms with Crippen LogP contribution in [0, 0.1) is 0 Å². The Morgan fingerprint density at radius 2 is 2.13 bits per heavy atom. The van der Waals surface area contributed by atoms with Gasteiger partial charge in [0.1, 0.15) is 0 Å². The molecule has 0 aromatic carbocycles. The quantitative estimate of drug-likeness (QED) is 0.667. The van der Waals surface area contributed by atoms with Crippen molar-refractivity contribution in [1.82, 2.24) is 4.31 Å². The summed E-state index contributed by atoms with van der Waals surface area (Å²) < 4.78 is 24.6. The third kappa shape index (κ3) is 2.13. The Hall–Kier alpha value is -0.680. The van der Waals surface area contributed by atoms with Gasteiger partial charge >= 0.3 is 0 Å². The fourth-order valence-corrected chi connectivity index (χ4v) is 2.95. The first-order valence-electron chi connectivity index (χ1n) is 5.16. The number of aliphatic imine (C=N–C) groups is 1. The Labute approximate surface area is 90.7 Å². The predicted octanol–water partition coefficient (Wildman–Crippen LogP) is 0.813. The summed E-state index contributed by atoms with van der Waals surface area (Å²) in [6.45, 7) is 3.90. The van der Waals surface area contributed by atoms with Gasteiger partial charge in [-0.05, 0) is 30.9 Å². The van der Waals surface area contributed by atoms with Gasteiger partial charge in [0, 0.05) is 18.8 Å². The molecular formula is C10H16N2O2S. The Balaban J connectivity index is 2.27. The minimum atomic E-state index is -3.07. The van der Waals surface area contributed by atoms with Crippen LogP contribution in [0.3, 0.4) is 0 Å². The maximum atomic E-state index is 11.5. The van der Waals surface area contributed by atoms with E-state index in [9.17, 15) is 8.42 Å². The van der Waals surface area contributed by atoms with Gasteiger partial charge in [-0.2, -0.15) is 4.31 Å². The first-order valence-corrected chi connectivity index (χ1v) is 7.01.